The van der Waals surface area contributed by atoms with E-state index in [1.807, 2.05) is 16.8 Å². The predicted molar refractivity (Wildman–Crippen MR) is 130 cm³/mol. The van der Waals surface area contributed by atoms with Crippen molar-refractivity contribution in [1.82, 2.24) is 9.62 Å². The van der Waals surface area contributed by atoms with Crippen molar-refractivity contribution in [2.75, 3.05) is 11.6 Å². The number of anilines is 1. The summed E-state index contributed by atoms with van der Waals surface area (Å²) in [6.07, 6.45) is 3.29. The number of rotatable bonds is 6. The molecule has 5 rings (SSSR count). The maximum atomic E-state index is 13.6. The first-order chi connectivity index (χ1) is 16.0. The molecule has 34 heavy (non-hydrogen) atoms. The first kappa shape index (κ1) is 23.5. The molecule has 10 nitrogen and oxygen atoms in total. The van der Waals surface area contributed by atoms with Gasteiger partial charge in [-0.2, -0.15) is 19.8 Å². The third-order valence-electron chi connectivity index (χ3n) is 6.17. The number of fused-ring (bicyclic) bond motifs is 2. The summed E-state index contributed by atoms with van der Waals surface area (Å²) >= 11 is 2.59. The van der Waals surface area contributed by atoms with Crippen LogP contribution in [0.25, 0.3) is 0 Å². The zero-order valence-electron chi connectivity index (χ0n) is 18.0. The van der Waals surface area contributed by atoms with Gasteiger partial charge in [0, 0.05) is 30.6 Å². The lowest BCUT2D eigenvalue weighted by molar-refractivity contribution is -0.132. The molecule has 4 heterocycles. The summed E-state index contributed by atoms with van der Waals surface area (Å²) in [5.74, 6) is -1.08. The summed E-state index contributed by atoms with van der Waals surface area (Å²) in [5.41, 5.74) is 1.10. The first-order valence-electron chi connectivity index (χ1n) is 10.5. The van der Waals surface area contributed by atoms with Gasteiger partial charge in [-0.3, -0.25) is 4.79 Å². The Labute approximate surface area is 205 Å². The quantitative estimate of drug-likeness (QED) is 0.508. The van der Waals surface area contributed by atoms with Crippen LogP contribution in [0.2, 0.25) is 0 Å². The fourth-order valence-electron chi connectivity index (χ4n) is 4.70. The highest BCUT2D eigenvalue weighted by Gasteiger charge is 2.47. The lowest BCUT2D eigenvalue weighted by Gasteiger charge is -2.38. The fourth-order valence-corrected chi connectivity index (χ4v) is 8.38. The van der Waals surface area contributed by atoms with Crippen LogP contribution in [-0.2, 0) is 37.9 Å². The van der Waals surface area contributed by atoms with Gasteiger partial charge < -0.3 is 15.3 Å². The molecule has 0 bridgehead atoms. The van der Waals surface area contributed by atoms with Gasteiger partial charge in [0.2, 0.25) is 10.0 Å². The number of sulfonamides is 2. The molecule has 1 saturated carbocycles. The van der Waals surface area contributed by atoms with E-state index in [2.05, 4.69) is 14.4 Å². The molecule has 0 radical (unpaired) electrons. The third kappa shape index (κ3) is 4.17. The van der Waals surface area contributed by atoms with Crippen LogP contribution in [0.3, 0.4) is 0 Å². The maximum Gasteiger partial charge on any atom is 0.287 e. The van der Waals surface area contributed by atoms with Gasteiger partial charge in [0.25, 0.3) is 15.9 Å². The number of aliphatic hydroxyl groups excluding tert-OH is 1. The minimum Gasteiger partial charge on any atom is -0.511 e. The first-order valence-corrected chi connectivity index (χ1v) is 15.6. The Morgan fingerprint density at radius 2 is 2.12 bits per heavy atom. The van der Waals surface area contributed by atoms with Crippen molar-refractivity contribution >= 4 is 59.5 Å². The van der Waals surface area contributed by atoms with E-state index in [1.54, 1.807) is 4.90 Å². The molecule has 2 aromatic heterocycles. The average Bonchev–Trinajstić information content (AvgIpc) is 3.49. The van der Waals surface area contributed by atoms with Gasteiger partial charge in [0.1, 0.15) is 21.2 Å². The van der Waals surface area contributed by atoms with Gasteiger partial charge in [-0.15, -0.1) is 15.7 Å². The zero-order chi connectivity index (χ0) is 24.3. The van der Waals surface area contributed by atoms with Crippen molar-refractivity contribution in [2.45, 2.75) is 43.3 Å². The van der Waals surface area contributed by atoms with Crippen molar-refractivity contribution < 1.29 is 26.7 Å². The predicted octanol–water partition coefficient (Wildman–Crippen LogP) is 2.39. The van der Waals surface area contributed by atoms with Crippen LogP contribution >= 0.6 is 22.7 Å². The molecular formula is C20H22N4O6S4. The lowest BCUT2D eigenvalue weighted by atomic mass is 9.90. The number of amides is 1. The van der Waals surface area contributed by atoms with Gasteiger partial charge in [-0.25, -0.2) is 13.1 Å². The number of hydrogen-bond donors (Lipinski definition) is 3. The molecule has 2 atom stereocenters. The Balaban J connectivity index is 1.52. The van der Waals surface area contributed by atoms with Crippen molar-refractivity contribution in [3.63, 3.8) is 0 Å². The van der Waals surface area contributed by atoms with E-state index >= 15 is 0 Å². The molecule has 0 spiro atoms. The molecule has 1 fully saturated rings. The van der Waals surface area contributed by atoms with Crippen LogP contribution < -0.4 is 10.0 Å². The second-order valence-electron chi connectivity index (χ2n) is 8.48. The Kier molecular flexibility index (Phi) is 5.83. The van der Waals surface area contributed by atoms with E-state index in [0.29, 0.717) is 13.0 Å². The molecule has 0 aromatic carbocycles. The number of aliphatic hydroxyl groups is 1. The monoisotopic (exact) mass is 542 g/mol. The number of hydrogen-bond acceptors (Lipinski definition) is 9. The Morgan fingerprint density at radius 1 is 1.32 bits per heavy atom. The second-order valence-corrected chi connectivity index (χ2v) is 13.5. The molecule has 2 aromatic rings. The highest BCUT2D eigenvalue weighted by Crippen LogP contribution is 2.43. The third-order valence-corrected chi connectivity index (χ3v) is 10.1. The lowest BCUT2D eigenvalue weighted by Crippen LogP contribution is -2.49. The molecule has 0 saturated heterocycles. The SMILES string of the molecule is CS(=O)(=O)NCc1csc2c1S(=O)(=O)N=C(C1=C(O)[C@@H]3CCC[C@@H]3N(Cc3ccsc3)C1=O)N2. The van der Waals surface area contributed by atoms with Crippen molar-refractivity contribution in [3.05, 3.63) is 44.7 Å². The van der Waals surface area contributed by atoms with Gasteiger partial charge in [-0.1, -0.05) is 6.42 Å². The van der Waals surface area contributed by atoms with Crippen molar-refractivity contribution in [1.29, 1.82) is 0 Å². The Morgan fingerprint density at radius 3 is 2.82 bits per heavy atom. The summed E-state index contributed by atoms with van der Waals surface area (Å²) in [6.45, 7) is 0.160. The van der Waals surface area contributed by atoms with Crippen LogP contribution in [0.4, 0.5) is 5.00 Å². The Hall–Kier alpha value is -2.26. The minimum atomic E-state index is -4.25. The molecule has 1 amide bonds. The van der Waals surface area contributed by atoms with Gasteiger partial charge >= 0.3 is 0 Å². The summed E-state index contributed by atoms with van der Waals surface area (Å²) < 4.78 is 55.2. The second kappa shape index (κ2) is 8.45. The normalized spacial score (nSPS) is 24.0. The maximum absolute atomic E-state index is 13.6. The number of nitrogens with zero attached hydrogens (tertiary/aromatic N) is 2. The molecular weight excluding hydrogens is 521 g/mol. The number of amidine groups is 1. The van der Waals surface area contributed by atoms with E-state index in [0.717, 1.165) is 36.0 Å². The molecule has 182 valence electrons. The largest absolute Gasteiger partial charge is 0.511 e. The van der Waals surface area contributed by atoms with Crippen LogP contribution in [0.5, 0.6) is 0 Å². The van der Waals surface area contributed by atoms with Crippen LogP contribution in [0.1, 0.15) is 30.4 Å². The molecule has 14 heteroatoms. The van der Waals surface area contributed by atoms with E-state index in [4.69, 9.17) is 0 Å². The number of carbonyl (C=O) groups is 1. The standard InChI is InChI=1S/C20H22N4O6S4/c1-33(27,28)21-7-12-10-32-19-17(12)34(29,30)23-18(22-19)15-16(25)13-3-2-4-14(13)24(20(15)26)8-11-5-6-31-9-11/h5-6,9-10,13-14,21,25H,2-4,7-8H2,1H3,(H,22,23)/t13-,14+/m1/s1. The number of thiophene rings is 2. The van der Waals surface area contributed by atoms with Crippen LogP contribution in [0.15, 0.2) is 42.8 Å². The summed E-state index contributed by atoms with van der Waals surface area (Å²) in [7, 11) is -7.77. The minimum absolute atomic E-state index is 0.128. The molecule has 0 unspecified atom stereocenters. The molecule has 1 aliphatic carbocycles. The highest BCUT2D eigenvalue weighted by molar-refractivity contribution is 7.91. The summed E-state index contributed by atoms with van der Waals surface area (Å²) in [5, 5.41) is 19.6. The van der Waals surface area contributed by atoms with Crippen LogP contribution in [-0.4, -0.2) is 50.9 Å². The fraction of sp³-hybridized carbons (Fsp3) is 0.400. The zero-order valence-corrected chi connectivity index (χ0v) is 21.3. The average molecular weight is 543 g/mol. The van der Waals surface area contributed by atoms with Crippen molar-refractivity contribution in [2.24, 2.45) is 10.3 Å². The number of carbonyl (C=O) groups excluding carboxylic acids is 1. The van der Waals surface area contributed by atoms with Gasteiger partial charge in [0.15, 0.2) is 5.84 Å². The Bertz CT molecular complexity index is 1420. The van der Waals surface area contributed by atoms with Crippen LogP contribution in [0, 0.1) is 5.92 Å². The van der Waals surface area contributed by atoms with E-state index in [1.165, 1.54) is 16.7 Å². The highest BCUT2D eigenvalue weighted by atomic mass is 32.2. The number of nitrogens with one attached hydrogen (secondary N) is 2. The van der Waals surface area contributed by atoms with Gasteiger partial charge in [0.05, 0.1) is 6.26 Å². The molecule has 3 aliphatic rings. The summed E-state index contributed by atoms with van der Waals surface area (Å²) in [4.78, 5) is 15.1. The van der Waals surface area contributed by atoms with Gasteiger partial charge in [-0.05, 0) is 40.6 Å². The van der Waals surface area contributed by atoms with E-state index in [-0.39, 0.29) is 51.1 Å². The van der Waals surface area contributed by atoms with Crippen molar-refractivity contribution in [3.8, 4) is 0 Å². The summed E-state index contributed by atoms with van der Waals surface area (Å²) in [6, 6.07) is 1.79. The topological polar surface area (TPSA) is 145 Å². The smallest absolute Gasteiger partial charge is 0.287 e. The van der Waals surface area contributed by atoms with E-state index < -0.39 is 26.0 Å². The van der Waals surface area contributed by atoms with E-state index in [9.17, 15) is 26.7 Å². The molecule has 3 N–H and O–H groups in total. The molecule has 2 aliphatic heterocycles.